The summed E-state index contributed by atoms with van der Waals surface area (Å²) < 4.78 is 26.1. The van der Waals surface area contributed by atoms with E-state index < -0.39 is 10.0 Å². The smallest absolute Gasteiger partial charge is 0.265 e. The molecule has 0 aromatic heterocycles. The van der Waals surface area contributed by atoms with Crippen LogP contribution in [0.25, 0.3) is 0 Å². The van der Waals surface area contributed by atoms with Gasteiger partial charge in [-0.2, -0.15) is 0 Å². The first kappa shape index (κ1) is 15.0. The summed E-state index contributed by atoms with van der Waals surface area (Å²) in [5, 5.41) is 0. The molecule has 1 aliphatic heterocycles. The highest BCUT2D eigenvalue weighted by atomic mass is 32.2. The predicted octanol–water partition coefficient (Wildman–Crippen LogP) is 3.45. The Balaban J connectivity index is 1.76. The van der Waals surface area contributed by atoms with Crippen molar-refractivity contribution < 1.29 is 13.3 Å². The maximum absolute atomic E-state index is 12.5. The lowest BCUT2D eigenvalue weighted by atomic mass is 9.84. The topological polar surface area (TPSA) is 46.6 Å². The van der Waals surface area contributed by atoms with Crippen LogP contribution in [0.4, 0.5) is 0 Å². The van der Waals surface area contributed by atoms with Gasteiger partial charge in [-0.1, -0.05) is 35.9 Å². The number of hydrogen-bond acceptors (Lipinski definition) is 3. The number of hydrogen-bond donors (Lipinski definition) is 0. The molecule has 1 saturated carbocycles. The molecule has 0 atom stereocenters. The lowest BCUT2D eigenvalue weighted by molar-refractivity contribution is -0.108. The third-order valence-electron chi connectivity index (χ3n) is 4.49. The first-order valence-electron chi connectivity index (χ1n) is 7.93. The second-order valence-electron chi connectivity index (χ2n) is 5.98. The van der Waals surface area contributed by atoms with Gasteiger partial charge in [-0.3, -0.25) is 4.84 Å². The molecule has 0 N–H and O–H groups in total. The van der Waals surface area contributed by atoms with Gasteiger partial charge in [-0.05, 0) is 49.3 Å². The molecule has 1 aromatic rings. The molecule has 116 valence electrons. The van der Waals surface area contributed by atoms with Crippen LogP contribution in [0, 0.1) is 0 Å². The Morgan fingerprint density at radius 3 is 2.29 bits per heavy atom. The van der Waals surface area contributed by atoms with Crippen LogP contribution in [0.3, 0.4) is 0 Å². The maximum Gasteiger partial charge on any atom is 0.265 e. The fourth-order valence-corrected chi connectivity index (χ4v) is 4.53. The molecule has 4 nitrogen and oxygen atoms in total. The Kier molecular flexibility index (Phi) is 4.62. The van der Waals surface area contributed by atoms with E-state index in [4.69, 9.17) is 4.84 Å². The second-order valence-corrected chi connectivity index (χ2v) is 7.80. The van der Waals surface area contributed by atoms with Gasteiger partial charge in [0.15, 0.2) is 0 Å². The van der Waals surface area contributed by atoms with Gasteiger partial charge in [-0.25, -0.2) is 8.42 Å². The van der Waals surface area contributed by atoms with Crippen molar-refractivity contribution in [2.45, 2.75) is 55.8 Å². The van der Waals surface area contributed by atoms with E-state index in [0.29, 0.717) is 24.0 Å². The molecule has 21 heavy (non-hydrogen) atoms. The molecule has 3 rings (SSSR count). The van der Waals surface area contributed by atoms with Crippen molar-refractivity contribution in [3.63, 3.8) is 0 Å². The van der Waals surface area contributed by atoms with E-state index >= 15 is 0 Å². The molecule has 1 heterocycles. The molecule has 5 heteroatoms. The standard InChI is InChI=1S/C16H23NO3S/c18-21(19,17-12-4-5-13-20-17)16-10-8-15(9-11-16)14-6-2-1-3-7-14/h8-11,14H,1-7,12-13H2. The van der Waals surface area contributed by atoms with Gasteiger partial charge in [0.05, 0.1) is 11.5 Å². The zero-order valence-electron chi connectivity index (χ0n) is 12.3. The largest absolute Gasteiger partial charge is 0.284 e. The Morgan fingerprint density at radius 2 is 1.67 bits per heavy atom. The van der Waals surface area contributed by atoms with Gasteiger partial charge in [0.1, 0.15) is 0 Å². The summed E-state index contributed by atoms with van der Waals surface area (Å²) >= 11 is 0. The van der Waals surface area contributed by atoms with Gasteiger partial charge < -0.3 is 0 Å². The number of benzene rings is 1. The van der Waals surface area contributed by atoms with Gasteiger partial charge >= 0.3 is 0 Å². The fourth-order valence-electron chi connectivity index (χ4n) is 3.23. The van der Waals surface area contributed by atoms with Crippen molar-refractivity contribution in [1.29, 1.82) is 0 Å². The van der Waals surface area contributed by atoms with Crippen molar-refractivity contribution in [3.8, 4) is 0 Å². The van der Waals surface area contributed by atoms with E-state index in [0.717, 1.165) is 17.3 Å². The fraction of sp³-hybridized carbons (Fsp3) is 0.625. The summed E-state index contributed by atoms with van der Waals surface area (Å²) in [5.74, 6) is 0.599. The maximum atomic E-state index is 12.5. The highest BCUT2D eigenvalue weighted by Gasteiger charge is 2.27. The Bertz CT molecular complexity index is 556. The normalized spacial score (nSPS) is 22.3. The molecular formula is C16H23NO3S. The molecule has 0 bridgehead atoms. The highest BCUT2D eigenvalue weighted by molar-refractivity contribution is 7.89. The number of sulfonamides is 1. The van der Waals surface area contributed by atoms with Gasteiger partial charge in [0.2, 0.25) is 0 Å². The highest BCUT2D eigenvalue weighted by Crippen LogP contribution is 2.33. The molecule has 1 saturated heterocycles. The number of hydroxylamine groups is 1. The molecule has 0 unspecified atom stereocenters. The summed E-state index contributed by atoms with van der Waals surface area (Å²) in [4.78, 5) is 5.63. The zero-order chi connectivity index (χ0) is 14.7. The van der Waals surface area contributed by atoms with Crippen LogP contribution >= 0.6 is 0 Å². The Hall–Kier alpha value is -0.910. The minimum absolute atomic E-state index is 0.337. The molecule has 2 aliphatic rings. The van der Waals surface area contributed by atoms with E-state index in [2.05, 4.69) is 0 Å². The van der Waals surface area contributed by atoms with E-state index in [-0.39, 0.29) is 0 Å². The monoisotopic (exact) mass is 309 g/mol. The summed E-state index contributed by atoms with van der Waals surface area (Å²) in [7, 11) is -3.50. The SMILES string of the molecule is O=S(=O)(c1ccc(C2CCCCC2)cc1)N1CCCCO1. The van der Waals surface area contributed by atoms with Crippen LogP contribution in [-0.4, -0.2) is 26.0 Å². The first-order valence-corrected chi connectivity index (χ1v) is 9.37. The summed E-state index contributed by atoms with van der Waals surface area (Å²) in [6.07, 6.45) is 8.13. The number of rotatable bonds is 3. The van der Waals surface area contributed by atoms with Gasteiger partial charge in [0.25, 0.3) is 10.0 Å². The van der Waals surface area contributed by atoms with Crippen LogP contribution in [0.15, 0.2) is 29.2 Å². The molecule has 1 aromatic carbocycles. The zero-order valence-corrected chi connectivity index (χ0v) is 13.1. The van der Waals surface area contributed by atoms with Crippen molar-refractivity contribution in [1.82, 2.24) is 4.47 Å². The summed E-state index contributed by atoms with van der Waals surface area (Å²) in [6, 6.07) is 7.42. The minimum Gasteiger partial charge on any atom is -0.284 e. The average molecular weight is 309 g/mol. The molecular weight excluding hydrogens is 286 g/mol. The van der Waals surface area contributed by atoms with Crippen LogP contribution in [-0.2, 0) is 14.9 Å². The van der Waals surface area contributed by atoms with Crippen LogP contribution in [0.1, 0.15) is 56.4 Å². The minimum atomic E-state index is -3.50. The average Bonchev–Trinajstić information content (AvgIpc) is 2.57. The Labute approximate surface area is 127 Å². The summed E-state index contributed by atoms with van der Waals surface area (Å²) in [5.41, 5.74) is 1.27. The quantitative estimate of drug-likeness (QED) is 0.859. The van der Waals surface area contributed by atoms with Crippen molar-refractivity contribution in [2.75, 3.05) is 13.2 Å². The predicted molar refractivity (Wildman–Crippen MR) is 81.3 cm³/mol. The molecule has 1 aliphatic carbocycles. The van der Waals surface area contributed by atoms with Crippen molar-refractivity contribution >= 4 is 10.0 Å². The van der Waals surface area contributed by atoms with Gasteiger partial charge in [0, 0.05) is 6.54 Å². The van der Waals surface area contributed by atoms with E-state index in [1.807, 2.05) is 12.1 Å². The van der Waals surface area contributed by atoms with Crippen molar-refractivity contribution in [3.05, 3.63) is 29.8 Å². The first-order chi connectivity index (χ1) is 10.2. The summed E-state index contributed by atoms with van der Waals surface area (Å²) in [6.45, 7) is 0.937. The van der Waals surface area contributed by atoms with Crippen LogP contribution < -0.4 is 0 Å². The van der Waals surface area contributed by atoms with Gasteiger partial charge in [-0.15, -0.1) is 0 Å². The lowest BCUT2D eigenvalue weighted by Crippen LogP contribution is -2.35. The Morgan fingerprint density at radius 1 is 0.952 bits per heavy atom. The van der Waals surface area contributed by atoms with Crippen LogP contribution in [0.5, 0.6) is 0 Å². The van der Waals surface area contributed by atoms with E-state index in [1.165, 1.54) is 37.7 Å². The van der Waals surface area contributed by atoms with Crippen molar-refractivity contribution in [2.24, 2.45) is 0 Å². The molecule has 0 radical (unpaired) electrons. The van der Waals surface area contributed by atoms with Crippen LogP contribution in [0.2, 0.25) is 0 Å². The van der Waals surface area contributed by atoms with E-state index in [1.54, 1.807) is 12.1 Å². The molecule has 0 spiro atoms. The molecule has 0 amide bonds. The number of nitrogens with zero attached hydrogens (tertiary/aromatic N) is 1. The third kappa shape index (κ3) is 3.30. The van der Waals surface area contributed by atoms with E-state index in [9.17, 15) is 8.42 Å². The second kappa shape index (κ2) is 6.46. The lowest BCUT2D eigenvalue weighted by Gasteiger charge is -2.26. The third-order valence-corrected chi connectivity index (χ3v) is 6.18. The molecule has 2 fully saturated rings.